The largest absolute Gasteiger partial charge is 0.444 e. The van der Waals surface area contributed by atoms with Crippen molar-refractivity contribution in [2.45, 2.75) is 72.1 Å². The van der Waals surface area contributed by atoms with Crippen LogP contribution >= 0.6 is 0 Å². The number of amides is 2. The first-order valence-electron chi connectivity index (χ1n) is 14.2. The zero-order valence-electron chi connectivity index (χ0n) is 24.3. The van der Waals surface area contributed by atoms with E-state index < -0.39 is 5.60 Å². The molecule has 0 aliphatic carbocycles. The SMILES string of the molecule is Cc1cnc(C(=O)N2CCc3cc(-c4cnc5[nH]cc(C)c5c4)cc([C@@H]4CCCN4C(=O)OC(C)(C)C)c3C2)cn1. The molecule has 1 aromatic carbocycles. The number of benzene rings is 1. The third kappa shape index (κ3) is 5.28. The Kier molecular flexibility index (Phi) is 6.76. The first kappa shape index (κ1) is 26.9. The van der Waals surface area contributed by atoms with Crippen LogP contribution < -0.4 is 0 Å². The second-order valence-electron chi connectivity index (χ2n) is 12.1. The molecule has 212 valence electrons. The van der Waals surface area contributed by atoms with E-state index in [9.17, 15) is 9.59 Å². The van der Waals surface area contributed by atoms with Gasteiger partial charge in [0.1, 0.15) is 16.9 Å². The van der Waals surface area contributed by atoms with Gasteiger partial charge in [-0.25, -0.2) is 14.8 Å². The number of carbonyl (C=O) groups excluding carboxylic acids is 2. The summed E-state index contributed by atoms with van der Waals surface area (Å²) in [6.45, 7) is 11.3. The molecule has 41 heavy (non-hydrogen) atoms. The van der Waals surface area contributed by atoms with E-state index >= 15 is 0 Å². The van der Waals surface area contributed by atoms with Gasteiger partial charge in [-0.15, -0.1) is 0 Å². The maximum absolute atomic E-state index is 13.4. The number of aromatic amines is 1. The van der Waals surface area contributed by atoms with E-state index in [4.69, 9.17) is 4.74 Å². The topological polar surface area (TPSA) is 104 Å². The van der Waals surface area contributed by atoms with Crippen LogP contribution in [0.5, 0.6) is 0 Å². The number of H-pyrrole nitrogens is 1. The molecule has 0 radical (unpaired) electrons. The number of ether oxygens (including phenoxy) is 1. The quantitative estimate of drug-likeness (QED) is 0.339. The molecule has 2 aliphatic rings. The molecule has 3 aromatic heterocycles. The van der Waals surface area contributed by atoms with E-state index in [1.54, 1.807) is 12.4 Å². The Labute approximate surface area is 240 Å². The van der Waals surface area contributed by atoms with Crippen molar-refractivity contribution in [1.82, 2.24) is 29.7 Å². The number of carbonyl (C=O) groups is 2. The molecule has 9 nitrogen and oxygen atoms in total. The van der Waals surface area contributed by atoms with Crippen LogP contribution in [0.2, 0.25) is 0 Å². The molecule has 2 aliphatic heterocycles. The summed E-state index contributed by atoms with van der Waals surface area (Å²) >= 11 is 0. The Morgan fingerprint density at radius 2 is 1.83 bits per heavy atom. The Hall–Kier alpha value is -4.27. The fourth-order valence-corrected chi connectivity index (χ4v) is 5.92. The van der Waals surface area contributed by atoms with Gasteiger partial charge in [-0.1, -0.05) is 6.07 Å². The van der Waals surface area contributed by atoms with Crippen molar-refractivity contribution >= 4 is 23.0 Å². The lowest BCUT2D eigenvalue weighted by atomic mass is 9.86. The van der Waals surface area contributed by atoms with E-state index in [0.717, 1.165) is 57.4 Å². The molecule has 1 atom stereocenters. The average Bonchev–Trinajstić information content (AvgIpc) is 3.58. The maximum atomic E-state index is 13.4. The molecule has 4 aromatic rings. The van der Waals surface area contributed by atoms with Crippen LogP contribution in [0.25, 0.3) is 22.2 Å². The molecular formula is C32H36N6O3. The highest BCUT2D eigenvalue weighted by molar-refractivity contribution is 5.92. The maximum Gasteiger partial charge on any atom is 0.410 e. The summed E-state index contributed by atoms with van der Waals surface area (Å²) in [7, 11) is 0. The van der Waals surface area contributed by atoms with Gasteiger partial charge in [0, 0.05) is 49.2 Å². The zero-order valence-corrected chi connectivity index (χ0v) is 24.3. The number of hydrogen-bond donors (Lipinski definition) is 1. The van der Waals surface area contributed by atoms with Gasteiger partial charge < -0.3 is 19.5 Å². The van der Waals surface area contributed by atoms with Crippen LogP contribution in [0, 0.1) is 13.8 Å². The minimum atomic E-state index is -0.584. The standard InChI is InChI=1S/C32H36N6O3/c1-19-14-35-29-24(19)13-23(16-36-29)22-11-21-8-10-37(30(39)27-17-33-20(2)15-34-27)18-26(21)25(12-22)28-7-6-9-38(28)31(40)41-32(3,4)5/h11-17,28H,6-10,18H2,1-5H3,(H,35,36)/t28-/m0/s1. The lowest BCUT2D eigenvalue weighted by Crippen LogP contribution is -2.39. The molecule has 1 saturated heterocycles. The van der Waals surface area contributed by atoms with Crippen LogP contribution in [0.4, 0.5) is 4.79 Å². The summed E-state index contributed by atoms with van der Waals surface area (Å²) in [4.78, 5) is 46.9. The van der Waals surface area contributed by atoms with Crippen molar-refractivity contribution in [3.05, 3.63) is 76.6 Å². The fraction of sp³-hybridized carbons (Fsp3) is 0.406. The van der Waals surface area contributed by atoms with Gasteiger partial charge in [-0.05, 0) is 93.8 Å². The van der Waals surface area contributed by atoms with Gasteiger partial charge >= 0.3 is 6.09 Å². The van der Waals surface area contributed by atoms with Crippen molar-refractivity contribution in [3.8, 4) is 11.1 Å². The van der Waals surface area contributed by atoms with Crippen molar-refractivity contribution in [3.63, 3.8) is 0 Å². The highest BCUT2D eigenvalue weighted by Gasteiger charge is 2.36. The third-order valence-electron chi connectivity index (χ3n) is 7.98. The summed E-state index contributed by atoms with van der Waals surface area (Å²) < 4.78 is 5.81. The van der Waals surface area contributed by atoms with Gasteiger partial charge in [0.25, 0.3) is 5.91 Å². The first-order chi connectivity index (χ1) is 19.6. The Balaban J connectivity index is 1.42. The number of pyridine rings is 1. The van der Waals surface area contributed by atoms with Gasteiger partial charge in [0.05, 0.1) is 17.9 Å². The van der Waals surface area contributed by atoms with E-state index in [1.165, 1.54) is 5.56 Å². The molecular weight excluding hydrogens is 516 g/mol. The highest BCUT2D eigenvalue weighted by Crippen LogP contribution is 2.40. The van der Waals surface area contributed by atoms with Crippen LogP contribution in [-0.2, 0) is 17.7 Å². The van der Waals surface area contributed by atoms with E-state index in [-0.39, 0.29) is 18.0 Å². The van der Waals surface area contributed by atoms with Gasteiger partial charge in [-0.2, -0.15) is 0 Å². The minimum absolute atomic E-state index is 0.133. The summed E-state index contributed by atoms with van der Waals surface area (Å²) in [5.74, 6) is -0.133. The van der Waals surface area contributed by atoms with Crippen molar-refractivity contribution in [2.24, 2.45) is 0 Å². The number of likely N-dealkylation sites (tertiary alicyclic amines) is 1. The van der Waals surface area contributed by atoms with Crippen molar-refractivity contribution < 1.29 is 14.3 Å². The van der Waals surface area contributed by atoms with Crippen LogP contribution in [-0.4, -0.2) is 60.4 Å². The molecule has 0 spiro atoms. The van der Waals surface area contributed by atoms with Gasteiger partial charge in [-0.3, -0.25) is 9.78 Å². The number of fused-ring (bicyclic) bond motifs is 2. The first-order valence-corrected chi connectivity index (χ1v) is 14.2. The number of aryl methyl sites for hydroxylation is 2. The summed E-state index contributed by atoms with van der Waals surface area (Å²) in [6.07, 6.45) is 9.17. The van der Waals surface area contributed by atoms with Crippen LogP contribution in [0.3, 0.4) is 0 Å². The highest BCUT2D eigenvalue weighted by atomic mass is 16.6. The lowest BCUT2D eigenvalue weighted by Gasteiger charge is -2.34. The third-order valence-corrected chi connectivity index (χ3v) is 7.98. The Bertz CT molecular complexity index is 1640. The van der Waals surface area contributed by atoms with Crippen molar-refractivity contribution in [2.75, 3.05) is 13.1 Å². The van der Waals surface area contributed by atoms with E-state index in [1.807, 2.05) is 49.9 Å². The van der Waals surface area contributed by atoms with Crippen LogP contribution in [0.15, 0.2) is 43.0 Å². The summed E-state index contributed by atoms with van der Waals surface area (Å²) in [5, 5.41) is 1.09. The molecule has 0 saturated carbocycles. The number of nitrogens with zero attached hydrogens (tertiary/aromatic N) is 5. The summed E-state index contributed by atoms with van der Waals surface area (Å²) in [5.41, 5.74) is 7.99. The molecule has 6 rings (SSSR count). The minimum Gasteiger partial charge on any atom is -0.444 e. The number of aromatic nitrogens is 4. The molecule has 9 heteroatoms. The van der Waals surface area contributed by atoms with Crippen LogP contribution in [0.1, 0.15) is 78.1 Å². The normalized spacial score (nSPS) is 17.1. The average molecular weight is 553 g/mol. The fourth-order valence-electron chi connectivity index (χ4n) is 5.92. The monoisotopic (exact) mass is 552 g/mol. The van der Waals surface area contributed by atoms with E-state index in [2.05, 4.69) is 45.1 Å². The smallest absolute Gasteiger partial charge is 0.410 e. The van der Waals surface area contributed by atoms with Crippen molar-refractivity contribution in [1.29, 1.82) is 0 Å². The number of hydrogen-bond acceptors (Lipinski definition) is 6. The lowest BCUT2D eigenvalue weighted by molar-refractivity contribution is 0.0222. The molecule has 0 bridgehead atoms. The predicted molar refractivity (Wildman–Crippen MR) is 156 cm³/mol. The number of nitrogens with one attached hydrogen (secondary N) is 1. The van der Waals surface area contributed by atoms with Gasteiger partial charge in [0.2, 0.25) is 0 Å². The predicted octanol–water partition coefficient (Wildman–Crippen LogP) is 5.91. The molecule has 2 amide bonds. The molecule has 5 heterocycles. The molecule has 1 N–H and O–H groups in total. The molecule has 0 unspecified atom stereocenters. The number of rotatable bonds is 3. The Morgan fingerprint density at radius 3 is 2.59 bits per heavy atom. The zero-order chi connectivity index (χ0) is 28.9. The molecule has 1 fully saturated rings. The second kappa shape index (κ2) is 10.3. The second-order valence-corrected chi connectivity index (χ2v) is 12.1. The van der Waals surface area contributed by atoms with Gasteiger partial charge in [0.15, 0.2) is 0 Å². The van der Waals surface area contributed by atoms with E-state index in [0.29, 0.717) is 31.7 Å². The Morgan fingerprint density at radius 1 is 1.00 bits per heavy atom. The summed E-state index contributed by atoms with van der Waals surface area (Å²) in [6, 6.07) is 6.45.